The van der Waals surface area contributed by atoms with Crippen molar-refractivity contribution in [2.75, 3.05) is 37.7 Å². The fourth-order valence-corrected chi connectivity index (χ4v) is 3.87. The standard InChI is InChI=1S/C13H19FN2O3S/c1-2-16-5-6-19-11(8-16)9-20(17,18)13-7-10(14)3-4-12(13)15/h3-4,7,11H,2,5-6,8-9,15H2,1H3. The van der Waals surface area contributed by atoms with Crippen molar-refractivity contribution < 1.29 is 17.5 Å². The summed E-state index contributed by atoms with van der Waals surface area (Å²) in [5.74, 6) is -0.797. The highest BCUT2D eigenvalue weighted by atomic mass is 32.2. The van der Waals surface area contributed by atoms with E-state index in [-0.39, 0.29) is 16.3 Å². The maximum absolute atomic E-state index is 13.2. The molecule has 1 aliphatic heterocycles. The maximum atomic E-state index is 13.2. The Bertz CT molecular complexity index is 577. The van der Waals surface area contributed by atoms with Crippen LogP contribution in [0, 0.1) is 5.82 Å². The summed E-state index contributed by atoms with van der Waals surface area (Å²) < 4.78 is 43.3. The van der Waals surface area contributed by atoms with Crippen molar-refractivity contribution in [1.29, 1.82) is 0 Å². The average Bonchev–Trinajstić information content (AvgIpc) is 2.41. The molecule has 0 spiro atoms. The van der Waals surface area contributed by atoms with Crippen molar-refractivity contribution in [3.63, 3.8) is 0 Å². The first kappa shape index (κ1) is 15.2. The first-order valence-corrected chi connectivity index (χ1v) is 8.19. The van der Waals surface area contributed by atoms with Crippen molar-refractivity contribution in [3.8, 4) is 0 Å². The molecule has 0 saturated carbocycles. The predicted molar refractivity (Wildman–Crippen MR) is 74.7 cm³/mol. The van der Waals surface area contributed by atoms with Crippen LogP contribution in [-0.2, 0) is 14.6 Å². The summed E-state index contributed by atoms with van der Waals surface area (Å²) in [5.41, 5.74) is 5.70. The summed E-state index contributed by atoms with van der Waals surface area (Å²) in [6, 6.07) is 3.37. The van der Waals surface area contributed by atoms with Gasteiger partial charge in [0.15, 0.2) is 9.84 Å². The van der Waals surface area contributed by atoms with E-state index in [2.05, 4.69) is 4.90 Å². The fourth-order valence-electron chi connectivity index (χ4n) is 2.28. The van der Waals surface area contributed by atoms with E-state index >= 15 is 0 Å². The summed E-state index contributed by atoms with van der Waals surface area (Å²) in [6.45, 7) is 4.73. The van der Waals surface area contributed by atoms with E-state index in [1.807, 2.05) is 6.92 Å². The van der Waals surface area contributed by atoms with Crippen LogP contribution in [0.25, 0.3) is 0 Å². The molecule has 1 aromatic carbocycles. The number of hydrogen-bond acceptors (Lipinski definition) is 5. The number of hydrogen-bond donors (Lipinski definition) is 1. The van der Waals surface area contributed by atoms with Crippen molar-refractivity contribution >= 4 is 15.5 Å². The van der Waals surface area contributed by atoms with Crippen LogP contribution in [0.4, 0.5) is 10.1 Å². The molecule has 1 unspecified atom stereocenters. The van der Waals surface area contributed by atoms with Crippen LogP contribution in [0.3, 0.4) is 0 Å². The highest BCUT2D eigenvalue weighted by Crippen LogP contribution is 2.22. The zero-order valence-electron chi connectivity index (χ0n) is 11.4. The molecule has 20 heavy (non-hydrogen) atoms. The van der Waals surface area contributed by atoms with Gasteiger partial charge in [-0.15, -0.1) is 0 Å². The van der Waals surface area contributed by atoms with Crippen LogP contribution < -0.4 is 5.73 Å². The van der Waals surface area contributed by atoms with Gasteiger partial charge in [0.1, 0.15) is 5.82 Å². The third kappa shape index (κ3) is 3.47. The number of anilines is 1. The topological polar surface area (TPSA) is 72.6 Å². The zero-order valence-corrected chi connectivity index (χ0v) is 12.2. The number of nitrogens with two attached hydrogens (primary N) is 1. The summed E-state index contributed by atoms with van der Waals surface area (Å²) in [7, 11) is -3.66. The lowest BCUT2D eigenvalue weighted by Gasteiger charge is -2.31. The van der Waals surface area contributed by atoms with Crippen molar-refractivity contribution in [1.82, 2.24) is 4.90 Å². The Labute approximate surface area is 118 Å². The van der Waals surface area contributed by atoms with Gasteiger partial charge < -0.3 is 10.5 Å². The Hall–Kier alpha value is -1.18. The number of halogens is 1. The number of morpholine rings is 1. The van der Waals surface area contributed by atoms with Gasteiger partial charge in [0.05, 0.1) is 29.0 Å². The monoisotopic (exact) mass is 302 g/mol. The van der Waals surface area contributed by atoms with Gasteiger partial charge in [-0.2, -0.15) is 0 Å². The quantitative estimate of drug-likeness (QED) is 0.837. The second kappa shape index (κ2) is 6.07. The molecule has 2 rings (SSSR count). The van der Waals surface area contributed by atoms with Crippen molar-refractivity contribution in [3.05, 3.63) is 24.0 Å². The minimum Gasteiger partial charge on any atom is -0.398 e. The normalized spacial score (nSPS) is 21.0. The second-order valence-corrected chi connectivity index (χ2v) is 6.85. The number of nitrogen functional groups attached to an aromatic ring is 1. The van der Waals surface area contributed by atoms with Crippen LogP contribution >= 0.6 is 0 Å². The third-order valence-electron chi connectivity index (χ3n) is 3.39. The summed E-state index contributed by atoms with van der Waals surface area (Å²) in [4.78, 5) is 1.97. The molecule has 2 N–H and O–H groups in total. The Balaban J connectivity index is 2.16. The molecule has 1 saturated heterocycles. The summed E-state index contributed by atoms with van der Waals surface area (Å²) in [6.07, 6.45) is -0.406. The lowest BCUT2D eigenvalue weighted by atomic mass is 10.3. The molecule has 0 radical (unpaired) electrons. The van der Waals surface area contributed by atoms with Gasteiger partial charge in [-0.25, -0.2) is 12.8 Å². The van der Waals surface area contributed by atoms with Crippen LogP contribution in [0.15, 0.2) is 23.1 Å². The number of benzene rings is 1. The molecule has 0 bridgehead atoms. The molecule has 5 nitrogen and oxygen atoms in total. The highest BCUT2D eigenvalue weighted by Gasteiger charge is 2.27. The zero-order chi connectivity index (χ0) is 14.8. The van der Waals surface area contributed by atoms with E-state index in [9.17, 15) is 12.8 Å². The Kier molecular flexibility index (Phi) is 4.62. The largest absolute Gasteiger partial charge is 0.398 e. The van der Waals surface area contributed by atoms with E-state index in [1.165, 1.54) is 6.07 Å². The maximum Gasteiger partial charge on any atom is 0.183 e. The predicted octanol–water partition coefficient (Wildman–Crippen LogP) is 0.902. The van der Waals surface area contributed by atoms with Crippen LogP contribution in [0.5, 0.6) is 0 Å². The van der Waals surface area contributed by atoms with E-state index in [0.29, 0.717) is 13.2 Å². The van der Waals surface area contributed by atoms with Gasteiger partial charge >= 0.3 is 0 Å². The minimum absolute atomic E-state index is 0.0644. The molecule has 112 valence electrons. The molecule has 1 fully saturated rings. The van der Waals surface area contributed by atoms with Crippen molar-refractivity contribution in [2.24, 2.45) is 0 Å². The first-order valence-electron chi connectivity index (χ1n) is 6.54. The second-order valence-electron chi connectivity index (χ2n) is 4.85. The van der Waals surface area contributed by atoms with Gasteiger partial charge in [-0.1, -0.05) is 6.92 Å². The summed E-state index contributed by atoms with van der Waals surface area (Å²) >= 11 is 0. The lowest BCUT2D eigenvalue weighted by molar-refractivity contribution is -0.0145. The van der Waals surface area contributed by atoms with E-state index < -0.39 is 21.8 Å². The van der Waals surface area contributed by atoms with Crippen LogP contribution in [-0.4, -0.2) is 51.4 Å². The van der Waals surface area contributed by atoms with Crippen LogP contribution in [0.2, 0.25) is 0 Å². The molecular formula is C13H19FN2O3S. The first-order chi connectivity index (χ1) is 9.42. The average molecular weight is 302 g/mol. The van der Waals surface area contributed by atoms with Crippen LogP contribution in [0.1, 0.15) is 6.92 Å². The molecule has 0 aromatic heterocycles. The van der Waals surface area contributed by atoms with Gasteiger partial charge in [-0.05, 0) is 24.7 Å². The third-order valence-corrected chi connectivity index (χ3v) is 5.22. The molecule has 0 aliphatic carbocycles. The minimum atomic E-state index is -3.66. The van der Waals surface area contributed by atoms with Gasteiger partial charge in [0.25, 0.3) is 0 Å². The number of ether oxygens (including phenoxy) is 1. The number of nitrogens with zero attached hydrogens (tertiary/aromatic N) is 1. The number of sulfone groups is 1. The van der Waals surface area contributed by atoms with E-state index in [4.69, 9.17) is 10.5 Å². The van der Waals surface area contributed by atoms with Crippen molar-refractivity contribution in [2.45, 2.75) is 17.9 Å². The van der Waals surface area contributed by atoms with Gasteiger partial charge in [0, 0.05) is 13.1 Å². The number of likely N-dealkylation sites (N-methyl/N-ethyl adjacent to an activating group) is 1. The van der Waals surface area contributed by atoms with E-state index in [1.54, 1.807) is 0 Å². The molecular weight excluding hydrogens is 283 g/mol. The molecule has 1 aromatic rings. The SMILES string of the molecule is CCN1CCOC(CS(=O)(=O)c2cc(F)ccc2N)C1. The van der Waals surface area contributed by atoms with Gasteiger partial charge in [0.2, 0.25) is 0 Å². The summed E-state index contributed by atoms with van der Waals surface area (Å²) in [5, 5.41) is 0. The smallest absolute Gasteiger partial charge is 0.183 e. The Morgan fingerprint density at radius 2 is 2.25 bits per heavy atom. The molecule has 7 heteroatoms. The molecule has 0 amide bonds. The number of rotatable bonds is 4. The molecule has 1 heterocycles. The fraction of sp³-hybridized carbons (Fsp3) is 0.538. The Morgan fingerprint density at radius 3 is 2.95 bits per heavy atom. The highest BCUT2D eigenvalue weighted by molar-refractivity contribution is 7.91. The lowest BCUT2D eigenvalue weighted by Crippen LogP contribution is -2.45. The Morgan fingerprint density at radius 1 is 1.50 bits per heavy atom. The van der Waals surface area contributed by atoms with Gasteiger partial charge in [-0.3, -0.25) is 4.90 Å². The molecule has 1 aliphatic rings. The molecule has 1 atom stereocenters. The van der Waals surface area contributed by atoms with E-state index in [0.717, 1.165) is 25.2 Å².